The van der Waals surface area contributed by atoms with E-state index < -0.39 is 32.8 Å². The van der Waals surface area contributed by atoms with Crippen LogP contribution in [0.25, 0.3) is 0 Å². The van der Waals surface area contributed by atoms with Gasteiger partial charge in [0.1, 0.15) is 5.82 Å². The van der Waals surface area contributed by atoms with Crippen LogP contribution in [0.5, 0.6) is 0 Å². The first-order valence-corrected chi connectivity index (χ1v) is 6.53. The van der Waals surface area contributed by atoms with Crippen LogP contribution in [0, 0.1) is 11.7 Å². The van der Waals surface area contributed by atoms with Crippen molar-refractivity contribution in [3.05, 3.63) is 30.1 Å². The van der Waals surface area contributed by atoms with Crippen LogP contribution in [-0.4, -0.2) is 24.7 Å². The van der Waals surface area contributed by atoms with E-state index >= 15 is 0 Å². The second-order valence-corrected chi connectivity index (χ2v) is 6.07. The Morgan fingerprint density at radius 2 is 1.94 bits per heavy atom. The molecule has 4 nitrogen and oxygen atoms in total. The Morgan fingerprint density at radius 3 is 2.35 bits per heavy atom. The first-order valence-electron chi connectivity index (χ1n) is 4.99. The molecule has 0 fully saturated rings. The van der Waals surface area contributed by atoms with Crippen LogP contribution < -0.4 is 0 Å². The molecule has 17 heavy (non-hydrogen) atoms. The first-order chi connectivity index (χ1) is 7.76. The molecule has 0 saturated carbocycles. The smallest absolute Gasteiger partial charge is 0.322 e. The van der Waals surface area contributed by atoms with E-state index in [0.717, 1.165) is 12.1 Å². The summed E-state index contributed by atoms with van der Waals surface area (Å²) in [6, 6.07) is 4.36. The summed E-state index contributed by atoms with van der Waals surface area (Å²) >= 11 is 0. The third-order valence-corrected chi connectivity index (χ3v) is 4.63. The molecule has 0 aliphatic carbocycles. The fraction of sp³-hybridized carbons (Fsp3) is 0.364. The number of sulfone groups is 1. The van der Waals surface area contributed by atoms with E-state index in [4.69, 9.17) is 5.11 Å². The summed E-state index contributed by atoms with van der Waals surface area (Å²) in [5.41, 5.74) is 0. The third-order valence-electron chi connectivity index (χ3n) is 2.31. The van der Waals surface area contributed by atoms with Crippen molar-refractivity contribution >= 4 is 15.8 Å². The molecule has 0 spiro atoms. The molecule has 0 amide bonds. The van der Waals surface area contributed by atoms with Gasteiger partial charge in [0.25, 0.3) is 0 Å². The molecule has 94 valence electrons. The van der Waals surface area contributed by atoms with Crippen molar-refractivity contribution in [3.8, 4) is 0 Å². The van der Waals surface area contributed by atoms with Crippen molar-refractivity contribution < 1.29 is 22.7 Å². The number of hydrogen-bond donors (Lipinski definition) is 1. The lowest BCUT2D eigenvalue weighted by molar-refractivity contribution is -0.137. The number of carbonyl (C=O) groups is 1. The van der Waals surface area contributed by atoms with Crippen molar-refractivity contribution in [2.45, 2.75) is 24.0 Å². The predicted molar refractivity (Wildman–Crippen MR) is 59.8 cm³/mol. The van der Waals surface area contributed by atoms with Gasteiger partial charge >= 0.3 is 5.97 Å². The van der Waals surface area contributed by atoms with E-state index in [-0.39, 0.29) is 4.90 Å². The number of rotatable bonds is 4. The second-order valence-electron chi connectivity index (χ2n) is 4.01. The molecule has 1 unspecified atom stereocenters. The lowest BCUT2D eigenvalue weighted by Crippen LogP contribution is -2.35. The van der Waals surface area contributed by atoms with Crippen molar-refractivity contribution in [1.82, 2.24) is 0 Å². The van der Waals surface area contributed by atoms with Crippen LogP contribution in [0.4, 0.5) is 4.39 Å². The van der Waals surface area contributed by atoms with E-state index in [2.05, 4.69) is 0 Å². The molecule has 1 rings (SSSR count). The predicted octanol–water partition coefficient (Wildman–Crippen LogP) is 1.71. The Morgan fingerprint density at radius 1 is 1.35 bits per heavy atom. The molecule has 0 aromatic heterocycles. The number of carboxylic acid groups (broad SMARTS) is 1. The standard InChI is InChI=1S/C11H13FO4S/c1-7(2)10(11(13)14)17(15,16)9-5-3-4-8(12)6-9/h3-7,10H,1-2H3,(H,13,14). The van der Waals surface area contributed by atoms with Gasteiger partial charge in [-0.05, 0) is 24.1 Å². The Kier molecular flexibility index (Phi) is 3.87. The Balaban J connectivity index is 3.31. The molecule has 1 atom stereocenters. The van der Waals surface area contributed by atoms with Gasteiger partial charge in [0, 0.05) is 0 Å². The minimum Gasteiger partial charge on any atom is -0.480 e. The number of benzene rings is 1. The number of hydrogen-bond acceptors (Lipinski definition) is 3. The zero-order valence-electron chi connectivity index (χ0n) is 9.42. The van der Waals surface area contributed by atoms with Crippen LogP contribution in [0.2, 0.25) is 0 Å². The zero-order valence-corrected chi connectivity index (χ0v) is 10.2. The van der Waals surface area contributed by atoms with Gasteiger partial charge in [-0.25, -0.2) is 12.8 Å². The van der Waals surface area contributed by atoms with Gasteiger partial charge in [0.15, 0.2) is 15.1 Å². The van der Waals surface area contributed by atoms with Crippen LogP contribution in [-0.2, 0) is 14.6 Å². The highest BCUT2D eigenvalue weighted by Gasteiger charge is 2.36. The SMILES string of the molecule is CC(C)C(C(=O)O)S(=O)(=O)c1cccc(F)c1. The molecule has 0 saturated heterocycles. The molecule has 1 aromatic carbocycles. The first kappa shape index (κ1) is 13.6. The van der Waals surface area contributed by atoms with Gasteiger partial charge in [-0.15, -0.1) is 0 Å². The Labute approximate surface area is 99.0 Å². The second kappa shape index (κ2) is 4.83. The molecule has 0 radical (unpaired) electrons. The molecule has 1 N–H and O–H groups in total. The maximum atomic E-state index is 13.0. The lowest BCUT2D eigenvalue weighted by atomic mass is 10.1. The highest BCUT2D eigenvalue weighted by molar-refractivity contribution is 7.92. The fourth-order valence-electron chi connectivity index (χ4n) is 1.57. The third kappa shape index (κ3) is 2.82. The van der Waals surface area contributed by atoms with E-state index in [1.54, 1.807) is 0 Å². The number of carboxylic acids is 1. The Hall–Kier alpha value is -1.43. The summed E-state index contributed by atoms with van der Waals surface area (Å²) < 4.78 is 37.0. The molecular formula is C11H13FO4S. The summed E-state index contributed by atoms with van der Waals surface area (Å²) in [5.74, 6) is -2.73. The molecule has 1 aromatic rings. The highest BCUT2D eigenvalue weighted by Crippen LogP contribution is 2.22. The molecule has 0 bridgehead atoms. The van der Waals surface area contributed by atoms with Gasteiger partial charge in [-0.2, -0.15) is 0 Å². The summed E-state index contributed by atoms with van der Waals surface area (Å²) in [6.45, 7) is 2.99. The zero-order chi connectivity index (χ0) is 13.2. The van der Waals surface area contributed by atoms with E-state index in [1.807, 2.05) is 0 Å². The van der Waals surface area contributed by atoms with Gasteiger partial charge in [-0.3, -0.25) is 4.79 Å². The van der Waals surface area contributed by atoms with Crippen molar-refractivity contribution in [2.75, 3.05) is 0 Å². The van der Waals surface area contributed by atoms with E-state index in [9.17, 15) is 17.6 Å². The molecular weight excluding hydrogens is 247 g/mol. The number of aliphatic carboxylic acids is 1. The van der Waals surface area contributed by atoms with Gasteiger partial charge in [0.2, 0.25) is 0 Å². The number of halogens is 1. The monoisotopic (exact) mass is 260 g/mol. The summed E-state index contributed by atoms with van der Waals surface area (Å²) in [4.78, 5) is 10.7. The summed E-state index contributed by atoms with van der Waals surface area (Å²) in [6.07, 6.45) is 0. The minimum atomic E-state index is -4.06. The largest absolute Gasteiger partial charge is 0.480 e. The highest BCUT2D eigenvalue weighted by atomic mass is 32.2. The Bertz CT molecular complexity index is 522. The van der Waals surface area contributed by atoms with Crippen LogP contribution in [0.15, 0.2) is 29.2 Å². The average Bonchev–Trinajstić information content (AvgIpc) is 2.15. The molecule has 0 aliphatic rings. The normalized spacial score (nSPS) is 13.6. The maximum Gasteiger partial charge on any atom is 0.322 e. The lowest BCUT2D eigenvalue weighted by Gasteiger charge is -2.16. The van der Waals surface area contributed by atoms with Crippen LogP contribution in [0.3, 0.4) is 0 Å². The fourth-order valence-corrected chi connectivity index (χ4v) is 3.39. The van der Waals surface area contributed by atoms with Gasteiger partial charge in [0.05, 0.1) is 4.90 Å². The van der Waals surface area contributed by atoms with Gasteiger partial charge < -0.3 is 5.11 Å². The molecule has 6 heteroatoms. The van der Waals surface area contributed by atoms with E-state index in [1.165, 1.54) is 26.0 Å². The van der Waals surface area contributed by atoms with E-state index in [0.29, 0.717) is 0 Å². The average molecular weight is 260 g/mol. The summed E-state index contributed by atoms with van der Waals surface area (Å²) in [7, 11) is -4.06. The van der Waals surface area contributed by atoms with Crippen molar-refractivity contribution in [1.29, 1.82) is 0 Å². The minimum absolute atomic E-state index is 0.307. The maximum absolute atomic E-state index is 13.0. The quantitative estimate of drug-likeness (QED) is 0.894. The van der Waals surface area contributed by atoms with Gasteiger partial charge in [-0.1, -0.05) is 19.9 Å². The van der Waals surface area contributed by atoms with Crippen molar-refractivity contribution in [2.24, 2.45) is 5.92 Å². The molecule has 0 aliphatic heterocycles. The van der Waals surface area contributed by atoms with Crippen molar-refractivity contribution in [3.63, 3.8) is 0 Å². The van der Waals surface area contributed by atoms with Crippen LogP contribution >= 0.6 is 0 Å². The molecule has 0 heterocycles. The van der Waals surface area contributed by atoms with Crippen LogP contribution in [0.1, 0.15) is 13.8 Å². The topological polar surface area (TPSA) is 71.4 Å². The summed E-state index contributed by atoms with van der Waals surface area (Å²) in [5, 5.41) is 7.37.